The van der Waals surface area contributed by atoms with Crippen molar-refractivity contribution in [1.82, 2.24) is 14.4 Å². The number of benzene rings is 1. The fraction of sp³-hybridized carbons (Fsp3) is 0.0526. The highest BCUT2D eigenvalue weighted by Gasteiger charge is 2.09. The number of nitrogens with zero attached hydrogens (tertiary/aromatic N) is 3. The van der Waals surface area contributed by atoms with E-state index in [0.29, 0.717) is 0 Å². The number of methoxy groups -OCH3 is 1. The van der Waals surface area contributed by atoms with Crippen LogP contribution in [0.2, 0.25) is 0 Å². The zero-order chi connectivity index (χ0) is 15.6. The third kappa shape index (κ3) is 2.44. The molecule has 112 valence electrons. The van der Waals surface area contributed by atoms with Gasteiger partial charge in [-0.15, -0.1) is 0 Å². The summed E-state index contributed by atoms with van der Waals surface area (Å²) < 4.78 is 7.29. The molecule has 0 N–H and O–H groups in total. The van der Waals surface area contributed by atoms with E-state index in [1.165, 1.54) is 0 Å². The van der Waals surface area contributed by atoms with Gasteiger partial charge in [0.1, 0.15) is 5.75 Å². The Balaban J connectivity index is 1.92. The Morgan fingerprint density at radius 1 is 0.913 bits per heavy atom. The molecule has 1 aromatic carbocycles. The van der Waals surface area contributed by atoms with Gasteiger partial charge in [-0.3, -0.25) is 4.98 Å². The standard InChI is InChI=1S/C19H15N3O/c1-23-17-6-4-14(5-7-17)18-9-16(15-3-2-8-20-10-15)12-22-13-21-11-19(18)22/h2-13H,1H3. The van der Waals surface area contributed by atoms with Crippen LogP contribution in [-0.2, 0) is 0 Å². The first-order valence-electron chi connectivity index (χ1n) is 7.36. The van der Waals surface area contributed by atoms with Crippen LogP contribution >= 0.6 is 0 Å². The lowest BCUT2D eigenvalue weighted by Gasteiger charge is -2.10. The predicted octanol–water partition coefficient (Wildman–Crippen LogP) is 4.07. The first-order valence-corrected chi connectivity index (χ1v) is 7.36. The first-order chi connectivity index (χ1) is 11.3. The summed E-state index contributed by atoms with van der Waals surface area (Å²) in [5.74, 6) is 0.849. The number of fused-ring (bicyclic) bond motifs is 1. The van der Waals surface area contributed by atoms with Crippen LogP contribution in [0.1, 0.15) is 0 Å². The Labute approximate surface area is 134 Å². The highest BCUT2D eigenvalue weighted by Crippen LogP contribution is 2.30. The van der Waals surface area contributed by atoms with E-state index in [4.69, 9.17) is 4.74 Å². The molecule has 0 saturated carbocycles. The largest absolute Gasteiger partial charge is 0.497 e. The monoisotopic (exact) mass is 301 g/mol. The molecular formula is C19H15N3O. The molecule has 0 unspecified atom stereocenters. The second-order valence-corrected chi connectivity index (χ2v) is 5.30. The van der Waals surface area contributed by atoms with Crippen LogP contribution in [0.15, 0.2) is 73.6 Å². The van der Waals surface area contributed by atoms with Gasteiger partial charge < -0.3 is 9.14 Å². The third-order valence-corrected chi connectivity index (χ3v) is 3.92. The van der Waals surface area contributed by atoms with Crippen molar-refractivity contribution in [2.45, 2.75) is 0 Å². The SMILES string of the molecule is COc1ccc(-c2cc(-c3cccnc3)cn3cncc23)cc1. The second-order valence-electron chi connectivity index (χ2n) is 5.30. The van der Waals surface area contributed by atoms with Crippen LogP contribution in [0.3, 0.4) is 0 Å². The Hall–Kier alpha value is -3.14. The van der Waals surface area contributed by atoms with Gasteiger partial charge >= 0.3 is 0 Å². The molecule has 0 atom stereocenters. The fourth-order valence-electron chi connectivity index (χ4n) is 2.73. The molecule has 0 saturated heterocycles. The van der Waals surface area contributed by atoms with Crippen molar-refractivity contribution >= 4 is 5.52 Å². The summed E-state index contributed by atoms with van der Waals surface area (Å²) in [6.07, 6.45) is 9.43. The molecule has 0 radical (unpaired) electrons. The Kier molecular flexibility index (Phi) is 3.27. The molecular weight excluding hydrogens is 286 g/mol. The van der Waals surface area contributed by atoms with Gasteiger partial charge in [-0.25, -0.2) is 4.98 Å². The van der Waals surface area contributed by atoms with Crippen LogP contribution in [0.5, 0.6) is 5.75 Å². The van der Waals surface area contributed by atoms with Crippen LogP contribution < -0.4 is 4.74 Å². The number of ether oxygens (including phenoxy) is 1. The van der Waals surface area contributed by atoms with E-state index < -0.39 is 0 Å². The molecule has 0 aliphatic carbocycles. The lowest BCUT2D eigenvalue weighted by atomic mass is 10.0. The summed E-state index contributed by atoms with van der Waals surface area (Å²) in [6, 6.07) is 14.2. The molecule has 0 spiro atoms. The number of pyridine rings is 2. The van der Waals surface area contributed by atoms with Gasteiger partial charge in [0.15, 0.2) is 0 Å². The molecule has 0 amide bonds. The number of hydrogen-bond acceptors (Lipinski definition) is 3. The van der Waals surface area contributed by atoms with E-state index in [2.05, 4.69) is 40.4 Å². The molecule has 4 rings (SSSR count). The van der Waals surface area contributed by atoms with Crippen molar-refractivity contribution in [2.75, 3.05) is 7.11 Å². The summed E-state index contributed by atoms with van der Waals surface area (Å²) in [4.78, 5) is 8.49. The highest BCUT2D eigenvalue weighted by atomic mass is 16.5. The van der Waals surface area contributed by atoms with E-state index in [-0.39, 0.29) is 0 Å². The molecule has 3 aromatic heterocycles. The van der Waals surface area contributed by atoms with Crippen LogP contribution in [0.4, 0.5) is 0 Å². The molecule has 3 heterocycles. The van der Waals surface area contributed by atoms with Crippen molar-refractivity contribution in [3.63, 3.8) is 0 Å². The van der Waals surface area contributed by atoms with E-state index in [1.807, 2.05) is 41.3 Å². The van der Waals surface area contributed by atoms with Crippen molar-refractivity contribution in [3.05, 3.63) is 73.6 Å². The molecule has 4 aromatic rings. The van der Waals surface area contributed by atoms with Gasteiger partial charge in [-0.2, -0.15) is 0 Å². The van der Waals surface area contributed by atoms with Crippen LogP contribution in [0.25, 0.3) is 27.8 Å². The summed E-state index contributed by atoms with van der Waals surface area (Å²) in [5.41, 5.74) is 5.52. The highest BCUT2D eigenvalue weighted by molar-refractivity contribution is 5.84. The van der Waals surface area contributed by atoms with Crippen molar-refractivity contribution in [1.29, 1.82) is 0 Å². The maximum Gasteiger partial charge on any atom is 0.118 e. The normalized spacial score (nSPS) is 10.8. The van der Waals surface area contributed by atoms with Gasteiger partial charge in [0.25, 0.3) is 0 Å². The third-order valence-electron chi connectivity index (χ3n) is 3.92. The maximum absolute atomic E-state index is 5.24. The van der Waals surface area contributed by atoms with Crippen molar-refractivity contribution < 1.29 is 4.74 Å². The first kappa shape index (κ1) is 13.5. The number of rotatable bonds is 3. The molecule has 0 fully saturated rings. The molecule has 4 heteroatoms. The topological polar surface area (TPSA) is 39.4 Å². The van der Waals surface area contributed by atoms with Gasteiger partial charge in [0.05, 0.1) is 25.2 Å². The average Bonchev–Trinajstić information content (AvgIpc) is 3.10. The van der Waals surface area contributed by atoms with Crippen molar-refractivity contribution in [3.8, 4) is 28.0 Å². The summed E-state index contributed by atoms with van der Waals surface area (Å²) in [7, 11) is 1.67. The smallest absolute Gasteiger partial charge is 0.118 e. The van der Waals surface area contributed by atoms with Gasteiger partial charge in [-0.05, 0) is 29.8 Å². The van der Waals surface area contributed by atoms with Crippen LogP contribution in [-0.4, -0.2) is 21.5 Å². The zero-order valence-corrected chi connectivity index (χ0v) is 12.7. The van der Waals surface area contributed by atoms with E-state index in [0.717, 1.165) is 33.5 Å². The van der Waals surface area contributed by atoms with Crippen LogP contribution in [0, 0.1) is 0 Å². The predicted molar refractivity (Wildman–Crippen MR) is 90.4 cm³/mol. The molecule has 23 heavy (non-hydrogen) atoms. The summed E-state index contributed by atoms with van der Waals surface area (Å²) in [5, 5.41) is 0. The van der Waals surface area contributed by atoms with E-state index >= 15 is 0 Å². The Morgan fingerprint density at radius 2 is 1.78 bits per heavy atom. The Bertz CT molecular complexity index is 943. The maximum atomic E-state index is 5.24. The minimum absolute atomic E-state index is 0.849. The summed E-state index contributed by atoms with van der Waals surface area (Å²) >= 11 is 0. The van der Waals surface area contributed by atoms with E-state index in [9.17, 15) is 0 Å². The number of hydrogen-bond donors (Lipinski definition) is 0. The quantitative estimate of drug-likeness (QED) is 0.572. The lowest BCUT2D eigenvalue weighted by molar-refractivity contribution is 0.415. The number of aromatic nitrogens is 3. The van der Waals surface area contributed by atoms with Gasteiger partial charge in [0.2, 0.25) is 0 Å². The van der Waals surface area contributed by atoms with Gasteiger partial charge in [0, 0.05) is 35.3 Å². The Morgan fingerprint density at radius 3 is 2.52 bits per heavy atom. The molecule has 0 aliphatic rings. The molecule has 0 bridgehead atoms. The minimum atomic E-state index is 0.849. The van der Waals surface area contributed by atoms with Gasteiger partial charge in [-0.1, -0.05) is 18.2 Å². The zero-order valence-electron chi connectivity index (χ0n) is 12.7. The second kappa shape index (κ2) is 5.57. The molecule has 4 nitrogen and oxygen atoms in total. The van der Waals surface area contributed by atoms with Crippen molar-refractivity contribution in [2.24, 2.45) is 0 Å². The summed E-state index contributed by atoms with van der Waals surface area (Å²) in [6.45, 7) is 0. The fourth-order valence-corrected chi connectivity index (χ4v) is 2.73. The van der Waals surface area contributed by atoms with E-state index in [1.54, 1.807) is 13.3 Å². The minimum Gasteiger partial charge on any atom is -0.497 e. The number of imidazole rings is 1. The lowest BCUT2D eigenvalue weighted by Crippen LogP contribution is -1.90. The average molecular weight is 301 g/mol. The molecule has 0 aliphatic heterocycles.